The molecule has 2 aromatic carbocycles. The Hall–Kier alpha value is -3.35. The third-order valence-electron chi connectivity index (χ3n) is 5.37. The molecule has 7 heteroatoms. The van der Waals surface area contributed by atoms with E-state index in [1.54, 1.807) is 29.2 Å². The van der Waals surface area contributed by atoms with Crippen LogP contribution in [0.3, 0.4) is 0 Å². The van der Waals surface area contributed by atoms with Gasteiger partial charge < -0.3 is 20.3 Å². The number of ether oxygens (including phenoxy) is 1. The molecule has 0 unspecified atom stereocenters. The minimum atomic E-state index is -0.342. The lowest BCUT2D eigenvalue weighted by molar-refractivity contribution is -0.126. The summed E-state index contributed by atoms with van der Waals surface area (Å²) in [5, 5.41) is 5.76. The van der Waals surface area contributed by atoms with Crippen LogP contribution in [-0.2, 0) is 14.4 Å². The van der Waals surface area contributed by atoms with Crippen molar-refractivity contribution in [3.8, 4) is 5.75 Å². The first-order valence-corrected chi connectivity index (χ1v) is 10.9. The van der Waals surface area contributed by atoms with Gasteiger partial charge in [-0.2, -0.15) is 0 Å². The molecule has 1 aliphatic heterocycles. The number of rotatable bonds is 8. The molecule has 0 saturated carbocycles. The Labute approximate surface area is 189 Å². The maximum atomic E-state index is 12.4. The first-order valence-electron chi connectivity index (χ1n) is 10.9. The third kappa shape index (κ3) is 6.09. The van der Waals surface area contributed by atoms with E-state index in [-0.39, 0.29) is 36.7 Å². The van der Waals surface area contributed by atoms with E-state index in [2.05, 4.69) is 10.6 Å². The smallest absolute Gasteiger partial charge is 0.262 e. The summed E-state index contributed by atoms with van der Waals surface area (Å²) in [5.41, 5.74) is 3.54. The maximum Gasteiger partial charge on any atom is 0.262 e. The fraction of sp³-hybridized carbons (Fsp3) is 0.400. The van der Waals surface area contributed by atoms with Crippen molar-refractivity contribution in [1.29, 1.82) is 0 Å². The van der Waals surface area contributed by atoms with E-state index in [4.69, 9.17) is 4.74 Å². The van der Waals surface area contributed by atoms with Gasteiger partial charge in [0.05, 0.1) is 5.92 Å². The molecule has 1 aliphatic rings. The molecule has 2 N–H and O–H groups in total. The van der Waals surface area contributed by atoms with E-state index in [1.807, 2.05) is 45.9 Å². The van der Waals surface area contributed by atoms with Crippen LogP contribution in [0.4, 0.5) is 11.4 Å². The molecule has 0 aliphatic carbocycles. The van der Waals surface area contributed by atoms with Crippen LogP contribution in [0, 0.1) is 25.7 Å². The van der Waals surface area contributed by atoms with Gasteiger partial charge in [-0.25, -0.2) is 0 Å². The molecule has 1 saturated heterocycles. The quantitative estimate of drug-likeness (QED) is 0.662. The van der Waals surface area contributed by atoms with Gasteiger partial charge in [-0.15, -0.1) is 0 Å². The Morgan fingerprint density at radius 1 is 1.12 bits per heavy atom. The molecule has 3 amide bonds. The highest BCUT2D eigenvalue weighted by atomic mass is 16.5. The lowest BCUT2D eigenvalue weighted by Crippen LogP contribution is -2.35. The van der Waals surface area contributed by atoms with Crippen molar-refractivity contribution < 1.29 is 19.1 Å². The first kappa shape index (κ1) is 23.3. The molecule has 170 valence electrons. The SMILES string of the molecule is Cc1ccc(C)c(NC(=O)COc2ccc(N3C[C@@H](C(=O)NCC(C)C)CC3=O)cc2)c1. The second kappa shape index (κ2) is 10.3. The van der Waals surface area contributed by atoms with Gasteiger partial charge in [0.1, 0.15) is 5.75 Å². The van der Waals surface area contributed by atoms with Crippen molar-refractivity contribution in [2.75, 3.05) is 29.9 Å². The zero-order valence-electron chi connectivity index (χ0n) is 19.1. The summed E-state index contributed by atoms with van der Waals surface area (Å²) < 4.78 is 5.59. The summed E-state index contributed by atoms with van der Waals surface area (Å²) in [4.78, 5) is 38.6. The standard InChI is InChI=1S/C25H31N3O4/c1-16(2)13-26-25(31)19-12-24(30)28(14-19)20-7-9-21(10-8-20)32-15-23(29)27-22-11-17(3)5-6-18(22)4/h5-11,16,19H,12-15H2,1-4H3,(H,26,31)(H,27,29)/t19-/m0/s1. The normalized spacial score (nSPS) is 15.7. The number of carbonyl (C=O) groups is 3. The van der Waals surface area contributed by atoms with Crippen LogP contribution >= 0.6 is 0 Å². The van der Waals surface area contributed by atoms with Crippen LogP contribution in [0.5, 0.6) is 5.75 Å². The average molecular weight is 438 g/mol. The van der Waals surface area contributed by atoms with Crippen molar-refractivity contribution in [3.63, 3.8) is 0 Å². The van der Waals surface area contributed by atoms with Crippen LogP contribution in [0.25, 0.3) is 0 Å². The van der Waals surface area contributed by atoms with Crippen molar-refractivity contribution in [2.24, 2.45) is 11.8 Å². The summed E-state index contributed by atoms with van der Waals surface area (Å²) in [7, 11) is 0. The van der Waals surface area contributed by atoms with Crippen molar-refractivity contribution >= 4 is 29.1 Å². The van der Waals surface area contributed by atoms with Crippen molar-refractivity contribution in [1.82, 2.24) is 5.32 Å². The summed E-state index contributed by atoms with van der Waals surface area (Å²) in [6.07, 6.45) is 0.209. The summed E-state index contributed by atoms with van der Waals surface area (Å²) in [5.74, 6) is 0.157. The third-order valence-corrected chi connectivity index (χ3v) is 5.37. The zero-order valence-corrected chi connectivity index (χ0v) is 19.1. The number of benzene rings is 2. The number of nitrogens with one attached hydrogen (secondary N) is 2. The van der Waals surface area contributed by atoms with Gasteiger partial charge >= 0.3 is 0 Å². The molecule has 2 aromatic rings. The van der Waals surface area contributed by atoms with Crippen LogP contribution in [-0.4, -0.2) is 37.4 Å². The van der Waals surface area contributed by atoms with Gasteiger partial charge in [-0.1, -0.05) is 26.0 Å². The van der Waals surface area contributed by atoms with E-state index < -0.39 is 0 Å². The topological polar surface area (TPSA) is 87.7 Å². The van der Waals surface area contributed by atoms with E-state index in [0.717, 1.165) is 16.8 Å². The molecule has 7 nitrogen and oxygen atoms in total. The Bertz CT molecular complexity index is 985. The number of hydrogen-bond acceptors (Lipinski definition) is 4. The minimum absolute atomic E-state index is 0.0729. The van der Waals surface area contributed by atoms with Gasteiger partial charge in [-0.05, 0) is 61.2 Å². The van der Waals surface area contributed by atoms with Gasteiger partial charge in [-0.3, -0.25) is 14.4 Å². The highest BCUT2D eigenvalue weighted by Crippen LogP contribution is 2.27. The molecule has 3 rings (SSSR count). The molecule has 0 spiro atoms. The molecule has 1 fully saturated rings. The fourth-order valence-corrected chi connectivity index (χ4v) is 3.51. The number of aryl methyl sites for hydroxylation is 2. The molecule has 0 radical (unpaired) electrons. The predicted octanol–water partition coefficient (Wildman–Crippen LogP) is 3.45. The number of amides is 3. The highest BCUT2D eigenvalue weighted by Gasteiger charge is 2.35. The molecule has 1 heterocycles. The lowest BCUT2D eigenvalue weighted by atomic mass is 10.1. The first-order chi connectivity index (χ1) is 15.2. The average Bonchev–Trinajstić information content (AvgIpc) is 3.15. The maximum absolute atomic E-state index is 12.4. The summed E-state index contributed by atoms with van der Waals surface area (Å²) in [6.45, 7) is 8.82. The Kier molecular flexibility index (Phi) is 7.51. The summed E-state index contributed by atoms with van der Waals surface area (Å²) in [6, 6.07) is 12.9. The summed E-state index contributed by atoms with van der Waals surface area (Å²) >= 11 is 0. The monoisotopic (exact) mass is 437 g/mol. The van der Waals surface area contributed by atoms with Gasteiger partial charge in [0.15, 0.2) is 6.61 Å². The molecule has 32 heavy (non-hydrogen) atoms. The van der Waals surface area contributed by atoms with E-state index in [9.17, 15) is 14.4 Å². The Morgan fingerprint density at radius 3 is 2.53 bits per heavy atom. The zero-order chi connectivity index (χ0) is 23.3. The number of nitrogens with zero attached hydrogens (tertiary/aromatic N) is 1. The molecule has 0 bridgehead atoms. The van der Waals surface area contributed by atoms with Gasteiger partial charge in [0.2, 0.25) is 11.8 Å². The molecular formula is C25H31N3O4. The Balaban J connectivity index is 1.52. The molecule has 1 atom stereocenters. The highest BCUT2D eigenvalue weighted by molar-refractivity contribution is 6.00. The fourth-order valence-electron chi connectivity index (χ4n) is 3.51. The van der Waals surface area contributed by atoms with Crippen LogP contribution in [0.1, 0.15) is 31.4 Å². The van der Waals surface area contributed by atoms with Crippen LogP contribution in [0.2, 0.25) is 0 Å². The minimum Gasteiger partial charge on any atom is -0.484 e. The largest absolute Gasteiger partial charge is 0.484 e. The van der Waals surface area contributed by atoms with Crippen molar-refractivity contribution in [2.45, 2.75) is 34.1 Å². The number of anilines is 2. The van der Waals surface area contributed by atoms with Crippen LogP contribution in [0.15, 0.2) is 42.5 Å². The van der Waals surface area contributed by atoms with Gasteiger partial charge in [0.25, 0.3) is 5.91 Å². The van der Waals surface area contributed by atoms with Crippen molar-refractivity contribution in [3.05, 3.63) is 53.6 Å². The second-order valence-corrected chi connectivity index (χ2v) is 8.69. The van der Waals surface area contributed by atoms with E-state index in [0.29, 0.717) is 30.4 Å². The number of hydrogen-bond donors (Lipinski definition) is 2. The lowest BCUT2D eigenvalue weighted by Gasteiger charge is -2.17. The predicted molar refractivity (Wildman–Crippen MR) is 125 cm³/mol. The molecular weight excluding hydrogens is 406 g/mol. The second-order valence-electron chi connectivity index (χ2n) is 8.69. The van der Waals surface area contributed by atoms with E-state index >= 15 is 0 Å². The molecule has 0 aromatic heterocycles. The Morgan fingerprint density at radius 2 is 1.84 bits per heavy atom. The number of carbonyl (C=O) groups excluding carboxylic acids is 3. The van der Waals surface area contributed by atoms with Gasteiger partial charge in [0, 0.05) is 30.9 Å². The van der Waals surface area contributed by atoms with Crippen LogP contribution < -0.4 is 20.3 Å². The van der Waals surface area contributed by atoms with E-state index in [1.165, 1.54) is 0 Å².